The van der Waals surface area contributed by atoms with E-state index in [0.29, 0.717) is 42.9 Å². The van der Waals surface area contributed by atoms with E-state index >= 15 is 0 Å². The summed E-state index contributed by atoms with van der Waals surface area (Å²) in [5.74, 6) is 0.905. The number of unbranched alkanes of at least 4 members (excludes halogenated alkanes) is 3. The van der Waals surface area contributed by atoms with Gasteiger partial charge in [-0.2, -0.15) is 29.8 Å². The lowest BCUT2D eigenvalue weighted by Gasteiger charge is -2.27. The normalized spacial score (nSPS) is 18.9. The van der Waals surface area contributed by atoms with Crippen LogP contribution in [0.4, 0.5) is 11.4 Å². The fraction of sp³-hybridized carbons (Fsp3) is 0.449. The first kappa shape index (κ1) is 50.4. The molecule has 3 aromatic carbocycles. The van der Waals surface area contributed by atoms with Gasteiger partial charge in [-0.15, -0.1) is 12.6 Å². The first-order chi connectivity index (χ1) is 30.2. The molecule has 2 heterocycles. The third kappa shape index (κ3) is 12.1. The van der Waals surface area contributed by atoms with Crippen molar-refractivity contribution in [2.24, 2.45) is 5.41 Å². The van der Waals surface area contributed by atoms with Gasteiger partial charge in [-0.1, -0.05) is 47.1 Å². The maximum atomic E-state index is 12.3. The molecule has 0 fully saturated rings. The Morgan fingerprint density at radius 1 is 0.754 bits per heavy atom. The highest BCUT2D eigenvalue weighted by Gasteiger charge is 2.45. The van der Waals surface area contributed by atoms with Crippen LogP contribution in [0.1, 0.15) is 117 Å². The van der Waals surface area contributed by atoms with Crippen LogP contribution in [-0.2, 0) is 41.2 Å². The fourth-order valence-corrected chi connectivity index (χ4v) is 10.8. The lowest BCUT2D eigenvalue weighted by molar-refractivity contribution is -0.438. The quantitative estimate of drug-likeness (QED) is 0.0438. The Morgan fingerprint density at radius 2 is 1.40 bits per heavy atom. The topological polar surface area (TPSA) is 179 Å². The van der Waals surface area contributed by atoms with Crippen LogP contribution < -0.4 is 9.64 Å². The molecule has 0 spiro atoms. The number of ether oxygens (including phenoxy) is 1. The summed E-state index contributed by atoms with van der Waals surface area (Å²) in [6.07, 6.45) is 15.2. The average Bonchev–Trinajstić information content (AvgIpc) is 3.54. The zero-order valence-corrected chi connectivity index (χ0v) is 41.7. The number of thiol groups is 1. The lowest BCUT2D eigenvalue weighted by Crippen LogP contribution is -2.28. The minimum atomic E-state index is -4.50. The molecule has 0 saturated heterocycles. The fourth-order valence-electron chi connectivity index (χ4n) is 9.11. The van der Waals surface area contributed by atoms with Crippen molar-refractivity contribution in [3.63, 3.8) is 0 Å². The Bertz CT molecular complexity index is 2810. The summed E-state index contributed by atoms with van der Waals surface area (Å²) >= 11 is 4.48. The molecule has 6 rings (SSSR count). The largest absolute Gasteiger partial charge is 0.457 e. The molecule has 3 N–H and O–H groups in total. The van der Waals surface area contributed by atoms with Gasteiger partial charge in [0, 0.05) is 52.4 Å². The van der Waals surface area contributed by atoms with E-state index in [4.69, 9.17) is 4.74 Å². The van der Waals surface area contributed by atoms with Gasteiger partial charge >= 0.3 is 0 Å². The molecule has 2 aliphatic heterocycles. The molecule has 352 valence electrons. The third-order valence-electron chi connectivity index (χ3n) is 12.6. The van der Waals surface area contributed by atoms with E-state index in [9.17, 15) is 38.9 Å². The molecular formula is C49H63N2O10S4+. The van der Waals surface area contributed by atoms with Crippen molar-refractivity contribution in [1.29, 1.82) is 0 Å². The zero-order valence-electron chi connectivity index (χ0n) is 38.3. The Kier molecular flexibility index (Phi) is 15.0. The Hall–Kier alpha value is -4.03. The maximum Gasteiger partial charge on any atom is 0.294 e. The third-order valence-corrected chi connectivity index (χ3v) is 15.4. The van der Waals surface area contributed by atoms with Gasteiger partial charge in [-0.25, -0.2) is 0 Å². The second-order valence-electron chi connectivity index (χ2n) is 19.5. The Morgan fingerprint density at radius 3 is 2.03 bits per heavy atom. The minimum Gasteiger partial charge on any atom is -0.457 e. The second-order valence-corrected chi connectivity index (χ2v) is 24.4. The van der Waals surface area contributed by atoms with Crippen molar-refractivity contribution in [1.82, 2.24) is 0 Å². The summed E-state index contributed by atoms with van der Waals surface area (Å²) in [7, 11) is -13.1. The molecular weight excluding hydrogens is 905 g/mol. The van der Waals surface area contributed by atoms with Gasteiger partial charge in [-0.3, -0.25) is 13.7 Å². The van der Waals surface area contributed by atoms with Crippen molar-refractivity contribution >= 4 is 60.1 Å². The number of allylic oxidation sites excluding steroid dienone is 7. The van der Waals surface area contributed by atoms with Crippen LogP contribution >= 0.6 is 12.6 Å². The molecule has 0 bridgehead atoms. The average molecular weight is 968 g/mol. The number of fused-ring (bicyclic) bond motifs is 2. The van der Waals surface area contributed by atoms with Gasteiger partial charge in [0.05, 0.1) is 21.0 Å². The van der Waals surface area contributed by atoms with Crippen molar-refractivity contribution < 1.29 is 48.2 Å². The molecule has 16 heteroatoms. The number of anilines is 1. The van der Waals surface area contributed by atoms with E-state index < -0.39 is 41.2 Å². The van der Waals surface area contributed by atoms with Crippen LogP contribution in [0.2, 0.25) is 0 Å². The summed E-state index contributed by atoms with van der Waals surface area (Å²) in [4.78, 5) is 2.44. The molecule has 3 aliphatic rings. The number of rotatable bonds is 17. The summed E-state index contributed by atoms with van der Waals surface area (Å²) in [6.45, 7) is 15.9. The van der Waals surface area contributed by atoms with Crippen molar-refractivity contribution in [2.45, 2.75) is 132 Å². The van der Waals surface area contributed by atoms with Gasteiger partial charge in [0.25, 0.3) is 30.4 Å². The summed E-state index contributed by atoms with van der Waals surface area (Å²) < 4.78 is 111. The van der Waals surface area contributed by atoms with Crippen LogP contribution in [0.25, 0.3) is 0 Å². The van der Waals surface area contributed by atoms with Crippen LogP contribution in [0.3, 0.4) is 0 Å². The molecule has 0 saturated carbocycles. The van der Waals surface area contributed by atoms with E-state index in [2.05, 4.69) is 64.0 Å². The van der Waals surface area contributed by atoms with Crippen LogP contribution in [-0.4, -0.2) is 68.0 Å². The Balaban J connectivity index is 1.45. The monoisotopic (exact) mass is 967 g/mol. The van der Waals surface area contributed by atoms with Gasteiger partial charge in [-0.05, 0) is 148 Å². The van der Waals surface area contributed by atoms with Crippen molar-refractivity contribution in [3.05, 3.63) is 119 Å². The zero-order chi connectivity index (χ0) is 47.8. The summed E-state index contributed by atoms with van der Waals surface area (Å²) in [5.41, 5.74) is 5.66. The van der Waals surface area contributed by atoms with Crippen molar-refractivity contribution in [3.8, 4) is 5.75 Å². The standard InChI is InChI=1S/C49H62N2O10S4/c1-47(2,3)28-9-8-10-29-50-42-24-22-38(64(55,56)57)32-40(42)48(4,5)44(50)26-16-34-14-13-15-35(46(34)61-36-18-20-37(62)21-19-36)17-27-45-49(6,7)41-33-39(65(58,59)60)23-25-43(41)51(45)30-11-12-31-63(52,53)54/h16-27,32-33H,8-15,28-31H2,1-7H3,(H3-,52,53,54,55,56,57,58,59,60,62)/p+1. The number of hydrogen-bond donors (Lipinski definition) is 4. The van der Waals surface area contributed by atoms with E-state index in [-0.39, 0.29) is 27.4 Å². The molecule has 0 atom stereocenters. The molecule has 0 radical (unpaired) electrons. The van der Waals surface area contributed by atoms with Gasteiger partial charge in [0.1, 0.15) is 18.1 Å². The second kappa shape index (κ2) is 19.3. The SMILES string of the molecule is CC(C)(C)CCCCC[N+]1=C(/C=C/C2=C(Oc3ccc(S)cc3)C(=C/C=C3/N(CCCCS(=O)(=O)O)c4ccc(S(=O)(=O)O)cc4C3(C)C)/CCC2)C(C)(C)c2cc(S(=O)(=O)O)ccc21. The number of benzene rings is 3. The predicted molar refractivity (Wildman–Crippen MR) is 260 cm³/mol. The smallest absolute Gasteiger partial charge is 0.294 e. The van der Waals surface area contributed by atoms with Gasteiger partial charge in [0.15, 0.2) is 5.71 Å². The molecule has 0 aromatic heterocycles. The van der Waals surface area contributed by atoms with Crippen LogP contribution in [0.5, 0.6) is 5.75 Å². The Labute approximate surface area is 391 Å². The van der Waals surface area contributed by atoms with E-state index in [1.807, 2.05) is 55.2 Å². The molecule has 0 unspecified atom stereocenters. The number of hydrogen-bond acceptors (Lipinski definition) is 9. The molecule has 0 amide bonds. The van der Waals surface area contributed by atoms with Crippen LogP contribution in [0, 0.1) is 5.41 Å². The van der Waals surface area contributed by atoms with Crippen molar-refractivity contribution in [2.75, 3.05) is 23.7 Å². The first-order valence-electron chi connectivity index (χ1n) is 22.1. The van der Waals surface area contributed by atoms with Gasteiger partial charge in [0.2, 0.25) is 5.69 Å². The lowest BCUT2D eigenvalue weighted by atomic mass is 9.81. The molecule has 12 nitrogen and oxygen atoms in total. The predicted octanol–water partition coefficient (Wildman–Crippen LogP) is 10.8. The first-order valence-corrected chi connectivity index (χ1v) is 27.0. The van der Waals surface area contributed by atoms with E-state index in [1.165, 1.54) is 18.2 Å². The highest BCUT2D eigenvalue weighted by Crippen LogP contribution is 2.49. The highest BCUT2D eigenvalue weighted by atomic mass is 32.2. The maximum absolute atomic E-state index is 12.3. The summed E-state index contributed by atoms with van der Waals surface area (Å²) in [6, 6.07) is 16.7. The van der Waals surface area contributed by atoms with Crippen LogP contribution in [0.15, 0.2) is 122 Å². The highest BCUT2D eigenvalue weighted by molar-refractivity contribution is 7.86. The van der Waals surface area contributed by atoms with Gasteiger partial charge < -0.3 is 9.64 Å². The van der Waals surface area contributed by atoms with E-state index in [0.717, 1.165) is 83.0 Å². The van der Waals surface area contributed by atoms with E-state index in [1.54, 1.807) is 18.2 Å². The summed E-state index contributed by atoms with van der Waals surface area (Å²) in [5, 5.41) is 0. The molecule has 3 aromatic rings. The molecule has 65 heavy (non-hydrogen) atoms. The molecule has 1 aliphatic carbocycles. The number of nitrogens with zero attached hydrogens (tertiary/aromatic N) is 2. The minimum absolute atomic E-state index is 0.148.